The topological polar surface area (TPSA) is 69.6 Å². The number of rotatable bonds is 3. The molecule has 1 unspecified atom stereocenters. The second-order valence-corrected chi connectivity index (χ2v) is 3.27. The van der Waals surface area contributed by atoms with Gasteiger partial charge in [-0.1, -0.05) is 6.92 Å². The molecule has 0 radical (unpaired) electrons. The fraction of sp³-hybridized carbons (Fsp3) is 0.556. The molecule has 78 valence electrons. The predicted molar refractivity (Wildman–Crippen MR) is 50.7 cm³/mol. The molecule has 0 bridgehead atoms. The Morgan fingerprint density at radius 2 is 2.43 bits per heavy atom. The van der Waals surface area contributed by atoms with E-state index >= 15 is 0 Å². The molecule has 1 aliphatic heterocycles. The van der Waals surface area contributed by atoms with Crippen molar-refractivity contribution in [3.8, 4) is 0 Å². The minimum atomic E-state index is -1.00. The van der Waals surface area contributed by atoms with Gasteiger partial charge in [0.1, 0.15) is 0 Å². The molecule has 1 fully saturated rings. The van der Waals surface area contributed by atoms with Crippen LogP contribution < -0.4 is 5.32 Å². The second-order valence-electron chi connectivity index (χ2n) is 3.27. The van der Waals surface area contributed by atoms with Gasteiger partial charge >= 0.3 is 12.0 Å². The summed E-state index contributed by atoms with van der Waals surface area (Å²) in [4.78, 5) is 23.3. The Morgan fingerprint density at radius 3 is 2.93 bits per heavy atom. The van der Waals surface area contributed by atoms with Crippen molar-refractivity contribution in [2.75, 3.05) is 6.54 Å². The fourth-order valence-electron chi connectivity index (χ4n) is 1.33. The van der Waals surface area contributed by atoms with Gasteiger partial charge in [0.05, 0.1) is 11.6 Å². The molecule has 0 spiro atoms. The molecule has 2 N–H and O–H groups in total. The quantitative estimate of drug-likeness (QED) is 0.658. The number of carboxylic acids is 1. The Labute approximate surface area is 82.4 Å². The molecule has 0 aliphatic carbocycles. The molecule has 14 heavy (non-hydrogen) atoms. The average molecular weight is 198 g/mol. The van der Waals surface area contributed by atoms with E-state index in [1.165, 1.54) is 18.0 Å². The van der Waals surface area contributed by atoms with Crippen molar-refractivity contribution < 1.29 is 14.7 Å². The summed E-state index contributed by atoms with van der Waals surface area (Å²) in [7, 11) is 0. The lowest BCUT2D eigenvalue weighted by Gasteiger charge is -2.17. The third-order valence-electron chi connectivity index (χ3n) is 2.26. The van der Waals surface area contributed by atoms with E-state index in [1.54, 1.807) is 0 Å². The maximum Gasteiger partial charge on any atom is 0.332 e. The smallest absolute Gasteiger partial charge is 0.332 e. The average Bonchev–Trinajstić information content (AvgIpc) is 2.47. The van der Waals surface area contributed by atoms with E-state index in [2.05, 4.69) is 5.32 Å². The minimum Gasteiger partial charge on any atom is -0.478 e. The molecule has 5 heteroatoms. The van der Waals surface area contributed by atoms with Crippen LogP contribution in [-0.4, -0.2) is 34.6 Å². The van der Waals surface area contributed by atoms with Crippen LogP contribution in [-0.2, 0) is 4.79 Å². The van der Waals surface area contributed by atoms with Gasteiger partial charge in [0.25, 0.3) is 0 Å². The zero-order valence-electron chi connectivity index (χ0n) is 8.28. The van der Waals surface area contributed by atoms with E-state index in [9.17, 15) is 9.59 Å². The Bertz CT molecular complexity index is 286. The van der Waals surface area contributed by atoms with Gasteiger partial charge in [0.15, 0.2) is 0 Å². The van der Waals surface area contributed by atoms with Crippen LogP contribution in [0.4, 0.5) is 4.79 Å². The highest BCUT2D eigenvalue weighted by Crippen LogP contribution is 2.12. The van der Waals surface area contributed by atoms with Gasteiger partial charge in [-0.3, -0.25) is 4.90 Å². The molecule has 0 saturated carbocycles. The first-order chi connectivity index (χ1) is 6.56. The van der Waals surface area contributed by atoms with Crippen molar-refractivity contribution in [3.05, 3.63) is 11.8 Å². The van der Waals surface area contributed by atoms with Gasteiger partial charge in [-0.2, -0.15) is 0 Å². The molecule has 1 atom stereocenters. The summed E-state index contributed by atoms with van der Waals surface area (Å²) in [5.41, 5.74) is 0.167. The van der Waals surface area contributed by atoms with Crippen LogP contribution in [0.25, 0.3) is 0 Å². The summed E-state index contributed by atoms with van der Waals surface area (Å²) >= 11 is 0. The lowest BCUT2D eigenvalue weighted by molar-refractivity contribution is -0.132. The normalized spacial score (nSPS) is 22.4. The monoisotopic (exact) mass is 198 g/mol. The summed E-state index contributed by atoms with van der Waals surface area (Å²) in [6.07, 6.45) is 2.20. The van der Waals surface area contributed by atoms with Gasteiger partial charge < -0.3 is 10.4 Å². The Morgan fingerprint density at radius 1 is 1.79 bits per heavy atom. The number of hydrogen-bond acceptors (Lipinski definition) is 2. The van der Waals surface area contributed by atoms with Gasteiger partial charge in [-0.15, -0.1) is 0 Å². The number of carbonyl (C=O) groups is 2. The molecule has 0 aromatic carbocycles. The van der Waals surface area contributed by atoms with Gasteiger partial charge in [-0.05, 0) is 13.3 Å². The number of nitrogens with zero attached hydrogens (tertiary/aromatic N) is 1. The number of urea groups is 1. The van der Waals surface area contributed by atoms with Crippen molar-refractivity contribution in [3.63, 3.8) is 0 Å². The first-order valence-corrected chi connectivity index (χ1v) is 4.54. The first kappa shape index (κ1) is 10.6. The maximum atomic E-state index is 11.3. The van der Waals surface area contributed by atoms with Gasteiger partial charge in [0, 0.05) is 12.7 Å². The minimum absolute atomic E-state index is 0.0665. The first-order valence-electron chi connectivity index (χ1n) is 4.54. The largest absolute Gasteiger partial charge is 0.478 e. The van der Waals surface area contributed by atoms with Gasteiger partial charge in [-0.25, -0.2) is 9.59 Å². The molecule has 0 aromatic rings. The van der Waals surface area contributed by atoms with Crippen LogP contribution in [0.2, 0.25) is 0 Å². The lowest BCUT2D eigenvalue weighted by atomic mass is 10.2. The number of carbonyl (C=O) groups excluding carboxylic acids is 1. The Balaban J connectivity index is 2.79. The van der Waals surface area contributed by atoms with E-state index in [4.69, 9.17) is 5.11 Å². The van der Waals surface area contributed by atoms with E-state index < -0.39 is 5.97 Å². The molecule has 1 heterocycles. The van der Waals surface area contributed by atoms with Crippen LogP contribution >= 0.6 is 0 Å². The molecule has 1 aliphatic rings. The number of nitrogens with one attached hydrogen (secondary N) is 1. The van der Waals surface area contributed by atoms with E-state index in [-0.39, 0.29) is 17.6 Å². The predicted octanol–water partition coefficient (Wildman–Crippen LogP) is 0.779. The van der Waals surface area contributed by atoms with Crippen molar-refractivity contribution in [2.24, 2.45) is 0 Å². The van der Waals surface area contributed by atoms with Gasteiger partial charge in [0.2, 0.25) is 0 Å². The highest BCUT2D eigenvalue weighted by molar-refractivity contribution is 5.87. The van der Waals surface area contributed by atoms with Crippen LogP contribution in [0.1, 0.15) is 20.3 Å². The van der Waals surface area contributed by atoms with Crippen LogP contribution in [0.3, 0.4) is 0 Å². The molecular weight excluding hydrogens is 184 g/mol. The fourth-order valence-corrected chi connectivity index (χ4v) is 1.33. The summed E-state index contributed by atoms with van der Waals surface area (Å²) < 4.78 is 0. The zero-order valence-corrected chi connectivity index (χ0v) is 8.28. The third kappa shape index (κ3) is 2.04. The van der Waals surface area contributed by atoms with Crippen LogP contribution in [0, 0.1) is 0 Å². The molecular formula is C9H14N2O3. The van der Waals surface area contributed by atoms with Crippen LogP contribution in [0.15, 0.2) is 11.8 Å². The maximum absolute atomic E-state index is 11.3. The number of amides is 2. The number of hydrogen-bond donors (Lipinski definition) is 2. The van der Waals surface area contributed by atoms with E-state index in [0.29, 0.717) is 6.54 Å². The SMILES string of the molecule is CCC1CNC(=O)N1C=C(C)C(=O)O. The van der Waals surface area contributed by atoms with E-state index in [0.717, 1.165) is 6.42 Å². The number of aliphatic carboxylic acids is 1. The van der Waals surface area contributed by atoms with Crippen molar-refractivity contribution in [1.82, 2.24) is 10.2 Å². The molecule has 2 amide bonds. The Kier molecular flexibility index (Phi) is 3.11. The second kappa shape index (κ2) is 4.13. The summed E-state index contributed by atoms with van der Waals surface area (Å²) in [5.74, 6) is -1.00. The van der Waals surface area contributed by atoms with Crippen molar-refractivity contribution in [2.45, 2.75) is 26.3 Å². The third-order valence-corrected chi connectivity index (χ3v) is 2.26. The van der Waals surface area contributed by atoms with Crippen molar-refractivity contribution >= 4 is 12.0 Å². The van der Waals surface area contributed by atoms with Crippen LogP contribution in [0.5, 0.6) is 0 Å². The Hall–Kier alpha value is -1.52. The lowest BCUT2D eigenvalue weighted by Crippen LogP contribution is -2.29. The summed E-state index contributed by atoms with van der Waals surface area (Å²) in [6.45, 7) is 4.02. The summed E-state index contributed by atoms with van der Waals surface area (Å²) in [5, 5.41) is 11.3. The highest BCUT2D eigenvalue weighted by Gasteiger charge is 2.28. The number of carboxylic acid groups (broad SMARTS) is 1. The molecule has 1 rings (SSSR count). The zero-order chi connectivity index (χ0) is 10.7. The molecule has 5 nitrogen and oxygen atoms in total. The highest BCUT2D eigenvalue weighted by atomic mass is 16.4. The molecule has 0 aromatic heterocycles. The summed E-state index contributed by atoms with van der Waals surface area (Å²) in [6, 6.07) is -0.158. The van der Waals surface area contributed by atoms with E-state index in [1.807, 2.05) is 6.92 Å². The standard InChI is InChI=1S/C9H14N2O3/c1-3-7-4-10-9(14)11(7)5-6(2)8(12)13/h5,7H,3-4H2,1-2H3,(H,10,14)(H,12,13). The van der Waals surface area contributed by atoms with Crippen molar-refractivity contribution in [1.29, 1.82) is 0 Å². The molecule has 1 saturated heterocycles.